The van der Waals surface area contributed by atoms with Crippen molar-refractivity contribution in [1.29, 1.82) is 0 Å². The van der Waals surface area contributed by atoms with Gasteiger partial charge in [0.2, 0.25) is 11.8 Å². The number of aromatic nitrogens is 2. The number of carboxylic acid groups (broad SMARTS) is 1. The first kappa shape index (κ1) is 15.6. The predicted molar refractivity (Wildman–Crippen MR) is 83.0 cm³/mol. The van der Waals surface area contributed by atoms with Crippen LogP contribution in [0.5, 0.6) is 0 Å². The van der Waals surface area contributed by atoms with Crippen molar-refractivity contribution in [3.8, 4) is 0 Å². The molecule has 1 aromatic heterocycles. The molecule has 1 aromatic rings. The quantitative estimate of drug-likeness (QED) is 0.857. The molecule has 4 rings (SSSR count). The topological polar surface area (TPSA) is 105 Å². The highest BCUT2D eigenvalue weighted by Crippen LogP contribution is 2.42. The first-order chi connectivity index (χ1) is 11.6. The second-order valence-electron chi connectivity index (χ2n) is 7.55. The fourth-order valence-corrected chi connectivity index (χ4v) is 4.09. The maximum atomic E-state index is 12.7. The van der Waals surface area contributed by atoms with Gasteiger partial charge in [0.15, 0.2) is 5.82 Å². The minimum Gasteiger partial charge on any atom is -0.481 e. The third-order valence-corrected chi connectivity index (χ3v) is 5.77. The molecule has 0 aliphatic heterocycles. The Hall–Kier alpha value is -1.92. The van der Waals surface area contributed by atoms with Crippen molar-refractivity contribution < 1.29 is 19.2 Å². The molecule has 3 aliphatic rings. The molecule has 7 heteroatoms. The monoisotopic (exact) mass is 333 g/mol. The maximum absolute atomic E-state index is 12.7. The van der Waals surface area contributed by atoms with Crippen LogP contribution in [0.25, 0.3) is 0 Å². The number of carboxylic acids is 1. The van der Waals surface area contributed by atoms with Crippen molar-refractivity contribution in [3.05, 3.63) is 11.7 Å². The summed E-state index contributed by atoms with van der Waals surface area (Å²) in [7, 11) is 0. The van der Waals surface area contributed by atoms with E-state index >= 15 is 0 Å². The highest BCUT2D eigenvalue weighted by atomic mass is 16.5. The molecular weight excluding hydrogens is 310 g/mol. The van der Waals surface area contributed by atoms with E-state index in [1.807, 2.05) is 0 Å². The van der Waals surface area contributed by atoms with E-state index in [9.17, 15) is 9.59 Å². The van der Waals surface area contributed by atoms with E-state index in [2.05, 4.69) is 15.5 Å². The van der Waals surface area contributed by atoms with Crippen LogP contribution >= 0.6 is 0 Å². The van der Waals surface area contributed by atoms with Gasteiger partial charge in [0.25, 0.3) is 0 Å². The molecule has 2 N–H and O–H groups in total. The van der Waals surface area contributed by atoms with E-state index in [4.69, 9.17) is 9.63 Å². The number of rotatable bonds is 5. The molecular formula is C17H23N3O4. The van der Waals surface area contributed by atoms with Gasteiger partial charge in [-0.05, 0) is 44.9 Å². The second-order valence-corrected chi connectivity index (χ2v) is 7.55. The minimum absolute atomic E-state index is 0.0570. The van der Waals surface area contributed by atoms with Gasteiger partial charge in [-0.15, -0.1) is 0 Å². The summed E-state index contributed by atoms with van der Waals surface area (Å²) in [5.74, 6) is 0.212. The Bertz CT molecular complexity index is 646. The summed E-state index contributed by atoms with van der Waals surface area (Å²) in [6, 6.07) is 0. The van der Waals surface area contributed by atoms with Crippen LogP contribution in [0.4, 0.5) is 0 Å². The summed E-state index contributed by atoms with van der Waals surface area (Å²) in [5.41, 5.74) is -0.533. The average molecular weight is 333 g/mol. The lowest BCUT2D eigenvalue weighted by molar-refractivity contribution is -0.141. The molecule has 0 saturated heterocycles. The van der Waals surface area contributed by atoms with Crippen molar-refractivity contribution in [1.82, 2.24) is 15.5 Å². The predicted octanol–water partition coefficient (Wildman–Crippen LogP) is 2.33. The van der Waals surface area contributed by atoms with Crippen LogP contribution in [0.2, 0.25) is 0 Å². The van der Waals surface area contributed by atoms with Gasteiger partial charge < -0.3 is 14.9 Å². The molecule has 1 heterocycles. The lowest BCUT2D eigenvalue weighted by atomic mass is 9.94. The largest absolute Gasteiger partial charge is 0.481 e. The molecule has 24 heavy (non-hydrogen) atoms. The molecule has 0 radical (unpaired) electrons. The lowest BCUT2D eigenvalue weighted by Crippen LogP contribution is -2.46. The van der Waals surface area contributed by atoms with E-state index in [1.165, 1.54) is 0 Å². The van der Waals surface area contributed by atoms with Crippen LogP contribution in [0.1, 0.15) is 75.4 Å². The summed E-state index contributed by atoms with van der Waals surface area (Å²) < 4.78 is 5.39. The molecule has 3 aliphatic carbocycles. The van der Waals surface area contributed by atoms with Crippen molar-refractivity contribution in [3.63, 3.8) is 0 Å². The van der Waals surface area contributed by atoms with Crippen LogP contribution in [-0.4, -0.2) is 27.1 Å². The van der Waals surface area contributed by atoms with Gasteiger partial charge in [0, 0.05) is 11.8 Å². The molecule has 2 atom stereocenters. The summed E-state index contributed by atoms with van der Waals surface area (Å²) in [4.78, 5) is 28.4. The maximum Gasteiger partial charge on any atom is 0.306 e. The number of carbonyl (C=O) groups excluding carboxylic acids is 1. The molecule has 3 saturated carbocycles. The average Bonchev–Trinajstić information content (AvgIpc) is 3.02. The highest BCUT2D eigenvalue weighted by molar-refractivity contribution is 5.81. The van der Waals surface area contributed by atoms with E-state index in [1.54, 1.807) is 0 Å². The number of carbonyl (C=O) groups is 2. The second kappa shape index (κ2) is 5.86. The van der Waals surface area contributed by atoms with Gasteiger partial charge in [0.05, 0.1) is 5.92 Å². The number of hydrogen-bond acceptors (Lipinski definition) is 5. The number of hydrogen-bond donors (Lipinski definition) is 2. The third kappa shape index (κ3) is 2.80. The zero-order valence-electron chi connectivity index (χ0n) is 13.7. The van der Waals surface area contributed by atoms with E-state index in [0.29, 0.717) is 36.9 Å². The molecule has 130 valence electrons. The zero-order chi connectivity index (χ0) is 16.7. The van der Waals surface area contributed by atoms with Gasteiger partial charge in [0.1, 0.15) is 5.54 Å². The Morgan fingerprint density at radius 1 is 1.12 bits per heavy atom. The Balaban J connectivity index is 1.48. The zero-order valence-corrected chi connectivity index (χ0v) is 13.7. The fourth-order valence-electron chi connectivity index (χ4n) is 4.09. The number of amides is 1. The molecule has 0 bridgehead atoms. The van der Waals surface area contributed by atoms with Crippen LogP contribution in [0, 0.1) is 11.8 Å². The minimum atomic E-state index is -0.798. The van der Waals surface area contributed by atoms with Crippen LogP contribution in [0.3, 0.4) is 0 Å². The smallest absolute Gasteiger partial charge is 0.306 e. The summed E-state index contributed by atoms with van der Waals surface area (Å²) in [5, 5.41) is 16.4. The molecule has 0 spiro atoms. The fraction of sp³-hybridized carbons (Fsp3) is 0.765. The van der Waals surface area contributed by atoms with Gasteiger partial charge in [-0.3, -0.25) is 9.59 Å². The summed E-state index contributed by atoms with van der Waals surface area (Å²) >= 11 is 0. The summed E-state index contributed by atoms with van der Waals surface area (Å²) in [6.45, 7) is 0. The number of nitrogens with zero attached hydrogens (tertiary/aromatic N) is 2. The SMILES string of the molecule is O=C(O)[C@@H]1CC[C@H](C(=O)NC2(c3noc(C4CC4)n3)CCCC2)C1. The molecule has 0 unspecified atom stereocenters. The van der Waals surface area contributed by atoms with Crippen molar-refractivity contribution in [2.75, 3.05) is 0 Å². The Morgan fingerprint density at radius 2 is 1.83 bits per heavy atom. The standard InChI is InChI=1S/C17H23N3O4/c21-13(11-5-6-12(9-11)15(22)23)19-17(7-1-2-8-17)16-18-14(24-20-16)10-3-4-10/h10-12H,1-9H2,(H,19,21)(H,22,23)/t11-,12+/m0/s1. The highest BCUT2D eigenvalue weighted by Gasteiger charge is 2.44. The van der Waals surface area contributed by atoms with Gasteiger partial charge in [-0.2, -0.15) is 4.98 Å². The van der Waals surface area contributed by atoms with Gasteiger partial charge >= 0.3 is 5.97 Å². The first-order valence-corrected chi connectivity index (χ1v) is 8.96. The van der Waals surface area contributed by atoms with Gasteiger partial charge in [-0.1, -0.05) is 18.0 Å². The van der Waals surface area contributed by atoms with E-state index < -0.39 is 17.4 Å². The summed E-state index contributed by atoms with van der Waals surface area (Å²) in [6.07, 6.45) is 7.52. The molecule has 3 fully saturated rings. The normalized spacial score (nSPS) is 28.8. The van der Waals surface area contributed by atoms with Crippen LogP contribution in [-0.2, 0) is 15.1 Å². The van der Waals surface area contributed by atoms with Gasteiger partial charge in [-0.25, -0.2) is 0 Å². The van der Waals surface area contributed by atoms with E-state index in [0.717, 1.165) is 38.5 Å². The Labute approximate surface area is 140 Å². The molecule has 1 amide bonds. The van der Waals surface area contributed by atoms with Crippen molar-refractivity contribution >= 4 is 11.9 Å². The van der Waals surface area contributed by atoms with Crippen LogP contribution in [0.15, 0.2) is 4.52 Å². The molecule has 0 aromatic carbocycles. The Kier molecular flexibility index (Phi) is 3.81. The van der Waals surface area contributed by atoms with Crippen LogP contribution < -0.4 is 5.32 Å². The van der Waals surface area contributed by atoms with Crippen molar-refractivity contribution in [2.24, 2.45) is 11.8 Å². The lowest BCUT2D eigenvalue weighted by Gasteiger charge is -2.28. The third-order valence-electron chi connectivity index (χ3n) is 5.77. The first-order valence-electron chi connectivity index (χ1n) is 8.96. The number of nitrogens with one attached hydrogen (secondary N) is 1. The van der Waals surface area contributed by atoms with E-state index in [-0.39, 0.29) is 11.8 Å². The Morgan fingerprint density at radius 3 is 2.46 bits per heavy atom. The van der Waals surface area contributed by atoms with Crippen molar-refractivity contribution in [2.45, 2.75) is 69.2 Å². The molecule has 7 nitrogen and oxygen atoms in total. The number of aliphatic carboxylic acids is 1.